The van der Waals surface area contributed by atoms with Gasteiger partial charge in [0.15, 0.2) is 5.03 Å². The summed E-state index contributed by atoms with van der Waals surface area (Å²) in [7, 11) is -2.38. The number of nitrogens with one attached hydrogen (secondary N) is 1. The van der Waals surface area contributed by atoms with Gasteiger partial charge in [0.25, 0.3) is 10.0 Å². The number of aromatic amines is 1. The molecule has 2 rings (SSSR count). The van der Waals surface area contributed by atoms with Gasteiger partial charge in [0.05, 0.1) is 11.9 Å². The van der Waals surface area contributed by atoms with Crippen LogP contribution in [0.5, 0.6) is 0 Å². The van der Waals surface area contributed by atoms with E-state index in [-0.39, 0.29) is 10.7 Å². The second-order valence-electron chi connectivity index (χ2n) is 3.79. The highest BCUT2D eigenvalue weighted by Crippen LogP contribution is 2.21. The van der Waals surface area contributed by atoms with E-state index in [1.165, 1.54) is 31.4 Å². The van der Waals surface area contributed by atoms with Crippen LogP contribution in [-0.4, -0.2) is 25.4 Å². The molecule has 1 aromatic heterocycles. The van der Waals surface area contributed by atoms with Crippen molar-refractivity contribution in [3.8, 4) is 0 Å². The van der Waals surface area contributed by atoms with Crippen LogP contribution in [-0.2, 0) is 10.0 Å². The maximum Gasteiger partial charge on any atom is 0.281 e. The highest BCUT2D eigenvalue weighted by atomic mass is 32.2. The topological polar surface area (TPSA) is 66.1 Å². The van der Waals surface area contributed by atoms with Crippen molar-refractivity contribution in [2.75, 3.05) is 11.4 Å². The average Bonchev–Trinajstić information content (AvgIpc) is 2.75. The molecule has 0 aliphatic heterocycles. The van der Waals surface area contributed by atoms with E-state index >= 15 is 0 Å². The lowest BCUT2D eigenvalue weighted by molar-refractivity contribution is 0.590. The number of aromatic nitrogens is 2. The number of halogens is 1. The van der Waals surface area contributed by atoms with Gasteiger partial charge < -0.3 is 4.98 Å². The summed E-state index contributed by atoms with van der Waals surface area (Å²) in [6.07, 6.45) is 1.24. The molecule has 1 heterocycles. The van der Waals surface area contributed by atoms with Gasteiger partial charge in [-0.15, -0.1) is 0 Å². The maximum absolute atomic E-state index is 13.1. The summed E-state index contributed by atoms with van der Waals surface area (Å²) in [6, 6.07) is 5.38. The largest absolute Gasteiger partial charge is 0.332 e. The summed E-state index contributed by atoms with van der Waals surface area (Å²) in [5.74, 6) is 0.0107. The minimum absolute atomic E-state index is 0.0215. The van der Waals surface area contributed by atoms with Gasteiger partial charge in [0, 0.05) is 7.05 Å². The minimum atomic E-state index is -3.74. The molecule has 5 nitrogen and oxygen atoms in total. The van der Waals surface area contributed by atoms with E-state index in [1.54, 1.807) is 6.92 Å². The van der Waals surface area contributed by atoms with Gasteiger partial charge in [0.1, 0.15) is 11.6 Å². The van der Waals surface area contributed by atoms with Crippen molar-refractivity contribution in [2.45, 2.75) is 11.9 Å². The number of hydrogen-bond acceptors (Lipinski definition) is 3. The number of imidazole rings is 1. The number of H-pyrrole nitrogens is 1. The molecule has 1 N–H and O–H groups in total. The molecule has 0 saturated heterocycles. The van der Waals surface area contributed by atoms with E-state index in [9.17, 15) is 12.8 Å². The zero-order valence-electron chi connectivity index (χ0n) is 9.88. The van der Waals surface area contributed by atoms with Crippen LogP contribution in [0.4, 0.5) is 10.1 Å². The van der Waals surface area contributed by atoms with Crippen molar-refractivity contribution in [2.24, 2.45) is 0 Å². The molecule has 0 saturated carbocycles. The van der Waals surface area contributed by atoms with Crippen LogP contribution in [0.25, 0.3) is 0 Å². The lowest BCUT2D eigenvalue weighted by Crippen LogP contribution is -2.26. The Kier molecular flexibility index (Phi) is 3.08. The van der Waals surface area contributed by atoms with Gasteiger partial charge in [0.2, 0.25) is 0 Å². The Bertz CT molecular complexity index is 666. The van der Waals surface area contributed by atoms with E-state index in [1.807, 2.05) is 0 Å². The van der Waals surface area contributed by atoms with Crippen molar-refractivity contribution in [1.29, 1.82) is 0 Å². The summed E-state index contributed by atoms with van der Waals surface area (Å²) in [5, 5.41) is -0.0215. The molecular formula is C11H12FN3O2S. The minimum Gasteiger partial charge on any atom is -0.332 e. The highest BCUT2D eigenvalue weighted by Gasteiger charge is 2.23. The van der Waals surface area contributed by atoms with E-state index < -0.39 is 15.8 Å². The van der Waals surface area contributed by atoms with E-state index in [2.05, 4.69) is 9.97 Å². The number of nitrogens with zero attached hydrogens (tertiary/aromatic N) is 2. The first-order valence-electron chi connectivity index (χ1n) is 5.17. The predicted octanol–water partition coefficient (Wildman–Crippen LogP) is 1.68. The smallest absolute Gasteiger partial charge is 0.281 e. The number of benzene rings is 1. The summed E-state index contributed by atoms with van der Waals surface area (Å²) in [4.78, 5) is 6.49. The number of rotatable bonds is 3. The number of anilines is 1. The predicted molar refractivity (Wildman–Crippen MR) is 65.3 cm³/mol. The Hall–Kier alpha value is -1.89. The lowest BCUT2D eigenvalue weighted by atomic mass is 10.3. The molecule has 96 valence electrons. The van der Waals surface area contributed by atoms with E-state index in [0.717, 1.165) is 10.4 Å². The van der Waals surface area contributed by atoms with Crippen LogP contribution in [0.3, 0.4) is 0 Å². The summed E-state index contributed by atoms with van der Waals surface area (Å²) in [5.41, 5.74) is 0.252. The van der Waals surface area contributed by atoms with Crippen molar-refractivity contribution < 1.29 is 12.8 Å². The zero-order valence-corrected chi connectivity index (χ0v) is 10.7. The van der Waals surface area contributed by atoms with Crippen LogP contribution in [0.15, 0.2) is 35.5 Å². The summed E-state index contributed by atoms with van der Waals surface area (Å²) in [6.45, 7) is 1.65. The van der Waals surface area contributed by atoms with Crippen molar-refractivity contribution in [1.82, 2.24) is 9.97 Å². The van der Waals surface area contributed by atoms with E-state index in [0.29, 0.717) is 5.82 Å². The van der Waals surface area contributed by atoms with E-state index in [4.69, 9.17) is 0 Å². The molecule has 2 aromatic rings. The molecule has 0 fully saturated rings. The Balaban J connectivity index is 2.42. The van der Waals surface area contributed by atoms with Gasteiger partial charge in [-0.3, -0.25) is 4.31 Å². The molecule has 18 heavy (non-hydrogen) atoms. The van der Waals surface area contributed by atoms with Crippen molar-refractivity contribution >= 4 is 15.7 Å². The zero-order chi connectivity index (χ0) is 13.3. The molecule has 0 atom stereocenters. The molecule has 0 bridgehead atoms. The van der Waals surface area contributed by atoms with Crippen LogP contribution in [0.2, 0.25) is 0 Å². The molecule has 0 aliphatic carbocycles. The van der Waals surface area contributed by atoms with Crippen molar-refractivity contribution in [3.05, 3.63) is 42.1 Å². The first-order valence-corrected chi connectivity index (χ1v) is 6.61. The summed E-state index contributed by atoms with van der Waals surface area (Å²) < 4.78 is 38.5. The Morgan fingerprint density at radius 1 is 1.39 bits per heavy atom. The normalized spacial score (nSPS) is 11.5. The monoisotopic (exact) mass is 269 g/mol. The van der Waals surface area contributed by atoms with Crippen LogP contribution >= 0.6 is 0 Å². The SMILES string of the molecule is Cc1ncc(S(=O)(=O)N(C)c2cccc(F)c2)[nH]1. The fraction of sp³-hybridized carbons (Fsp3) is 0.182. The maximum atomic E-state index is 13.1. The second kappa shape index (κ2) is 4.41. The van der Waals surface area contributed by atoms with Gasteiger partial charge in [-0.25, -0.2) is 9.37 Å². The second-order valence-corrected chi connectivity index (χ2v) is 5.72. The molecule has 0 spiro atoms. The Morgan fingerprint density at radius 2 is 2.11 bits per heavy atom. The molecule has 0 aliphatic rings. The average molecular weight is 269 g/mol. The number of aryl methyl sites for hydroxylation is 1. The third-order valence-electron chi connectivity index (χ3n) is 2.49. The molecule has 0 amide bonds. The van der Waals surface area contributed by atoms with Gasteiger partial charge in [-0.1, -0.05) is 6.07 Å². The van der Waals surface area contributed by atoms with Crippen LogP contribution in [0.1, 0.15) is 5.82 Å². The first kappa shape index (κ1) is 12.6. The first-order chi connectivity index (χ1) is 8.41. The van der Waals surface area contributed by atoms with Gasteiger partial charge >= 0.3 is 0 Å². The molecular weight excluding hydrogens is 257 g/mol. The van der Waals surface area contributed by atoms with Crippen LogP contribution < -0.4 is 4.31 Å². The number of hydrogen-bond donors (Lipinski definition) is 1. The number of sulfonamides is 1. The molecule has 7 heteroatoms. The fourth-order valence-electron chi connectivity index (χ4n) is 1.49. The third-order valence-corrected chi connectivity index (χ3v) is 4.18. The fourth-order valence-corrected chi connectivity index (χ4v) is 2.64. The van der Waals surface area contributed by atoms with Crippen molar-refractivity contribution in [3.63, 3.8) is 0 Å². The molecule has 0 radical (unpaired) electrons. The highest BCUT2D eigenvalue weighted by molar-refractivity contribution is 7.92. The van der Waals surface area contributed by atoms with Gasteiger partial charge in [-0.2, -0.15) is 8.42 Å². The summed E-state index contributed by atoms with van der Waals surface area (Å²) >= 11 is 0. The van der Waals surface area contributed by atoms with Gasteiger partial charge in [-0.05, 0) is 25.1 Å². The molecule has 1 aromatic carbocycles. The Labute approximate surface area is 104 Å². The van der Waals surface area contributed by atoms with Crippen LogP contribution in [0, 0.1) is 12.7 Å². The third kappa shape index (κ3) is 2.21. The quantitative estimate of drug-likeness (QED) is 0.922. The lowest BCUT2D eigenvalue weighted by Gasteiger charge is -2.18. The standard InChI is InChI=1S/C11H12FN3O2S/c1-8-13-7-11(14-8)18(16,17)15(2)10-5-3-4-9(12)6-10/h3-7H,1-2H3,(H,13,14). The molecule has 0 unspecified atom stereocenters. The Morgan fingerprint density at radius 3 is 2.67 bits per heavy atom.